The average Bonchev–Trinajstić information content (AvgIpc) is 2.79. The molecule has 1 aromatic carbocycles. The van der Waals surface area contributed by atoms with Crippen molar-refractivity contribution in [1.82, 2.24) is 19.2 Å². The van der Waals surface area contributed by atoms with E-state index in [0.29, 0.717) is 56.0 Å². The van der Waals surface area contributed by atoms with Crippen LogP contribution in [0.2, 0.25) is 0 Å². The first kappa shape index (κ1) is 19.4. The second-order valence-corrected chi connectivity index (χ2v) is 7.87. The maximum absolute atomic E-state index is 12.9. The molecule has 0 aliphatic carbocycles. The molecule has 31 heavy (non-hydrogen) atoms. The molecule has 0 saturated carbocycles. The van der Waals surface area contributed by atoms with Crippen molar-refractivity contribution in [2.24, 2.45) is 0 Å². The van der Waals surface area contributed by atoms with E-state index in [0.717, 1.165) is 5.56 Å². The number of hydrogen-bond acceptors (Lipinski definition) is 6. The predicted molar refractivity (Wildman–Crippen MR) is 113 cm³/mol. The summed E-state index contributed by atoms with van der Waals surface area (Å²) in [6.07, 6.45) is 1.34. The van der Waals surface area contributed by atoms with Gasteiger partial charge in [-0.25, -0.2) is 9.78 Å². The van der Waals surface area contributed by atoms with Gasteiger partial charge in [0.1, 0.15) is 5.65 Å². The van der Waals surface area contributed by atoms with Crippen LogP contribution in [0.1, 0.15) is 21.6 Å². The highest BCUT2D eigenvalue weighted by molar-refractivity contribution is 5.95. The van der Waals surface area contributed by atoms with Gasteiger partial charge in [-0.1, -0.05) is 24.3 Å². The number of benzene rings is 1. The molecule has 1 amide bonds. The van der Waals surface area contributed by atoms with E-state index >= 15 is 0 Å². The molecule has 1 fully saturated rings. The van der Waals surface area contributed by atoms with E-state index in [1.807, 2.05) is 24.3 Å². The highest BCUT2D eigenvalue weighted by Gasteiger charge is 2.34. The summed E-state index contributed by atoms with van der Waals surface area (Å²) >= 11 is 0. The fraction of sp³-hybridized carbons (Fsp3) is 0.304. The highest BCUT2D eigenvalue weighted by atomic mass is 16.5. The number of carbonyl (C=O) groups excluding carboxylic acids is 2. The van der Waals surface area contributed by atoms with Crippen LogP contribution < -0.4 is 5.56 Å². The van der Waals surface area contributed by atoms with E-state index in [1.165, 1.54) is 4.40 Å². The molecule has 8 heteroatoms. The Morgan fingerprint density at radius 1 is 1.03 bits per heavy atom. The molecule has 2 aromatic heterocycles. The molecule has 0 bridgehead atoms. The quantitative estimate of drug-likeness (QED) is 0.593. The van der Waals surface area contributed by atoms with Crippen molar-refractivity contribution in [1.29, 1.82) is 0 Å². The lowest BCUT2D eigenvalue weighted by molar-refractivity contribution is -0.143. The molecule has 0 spiro atoms. The number of ether oxygens (including phenoxy) is 1. The Labute approximate surface area is 178 Å². The number of amides is 1. The van der Waals surface area contributed by atoms with Crippen molar-refractivity contribution in [3.63, 3.8) is 0 Å². The van der Waals surface area contributed by atoms with E-state index in [1.54, 1.807) is 35.4 Å². The number of nitrogens with zero attached hydrogens (tertiary/aromatic N) is 4. The van der Waals surface area contributed by atoms with Crippen LogP contribution in [0, 0.1) is 0 Å². The fourth-order valence-electron chi connectivity index (χ4n) is 4.21. The van der Waals surface area contributed by atoms with Crippen LogP contribution in [-0.4, -0.2) is 63.3 Å². The molecule has 4 heterocycles. The number of hydrogen-bond donors (Lipinski definition) is 0. The van der Waals surface area contributed by atoms with Gasteiger partial charge in [-0.3, -0.25) is 18.9 Å². The van der Waals surface area contributed by atoms with Gasteiger partial charge in [0, 0.05) is 51.4 Å². The minimum Gasteiger partial charge on any atom is -0.448 e. The summed E-state index contributed by atoms with van der Waals surface area (Å²) in [5.41, 5.74) is 2.63. The number of fused-ring (bicyclic) bond motifs is 2. The minimum absolute atomic E-state index is 0.103. The molecule has 1 saturated heterocycles. The van der Waals surface area contributed by atoms with Crippen molar-refractivity contribution in [3.05, 3.63) is 81.9 Å². The third-order valence-electron chi connectivity index (χ3n) is 5.86. The van der Waals surface area contributed by atoms with E-state index in [-0.39, 0.29) is 11.5 Å². The van der Waals surface area contributed by atoms with Gasteiger partial charge >= 0.3 is 5.97 Å². The smallest absolute Gasteiger partial charge is 0.339 e. The molecule has 8 nitrogen and oxygen atoms in total. The van der Waals surface area contributed by atoms with Crippen molar-refractivity contribution < 1.29 is 14.3 Å². The predicted octanol–water partition coefficient (Wildman–Crippen LogP) is 1.12. The number of cyclic esters (lactones) is 1. The summed E-state index contributed by atoms with van der Waals surface area (Å²) in [4.78, 5) is 45.9. The molecule has 2 aliphatic heterocycles. The molecule has 2 aliphatic rings. The van der Waals surface area contributed by atoms with Crippen molar-refractivity contribution in [3.8, 4) is 0 Å². The van der Waals surface area contributed by atoms with Crippen molar-refractivity contribution >= 4 is 17.5 Å². The Morgan fingerprint density at radius 3 is 2.65 bits per heavy atom. The lowest BCUT2D eigenvalue weighted by Crippen LogP contribution is -2.52. The Morgan fingerprint density at radius 2 is 1.81 bits per heavy atom. The van der Waals surface area contributed by atoms with Gasteiger partial charge < -0.3 is 9.64 Å². The first-order chi connectivity index (χ1) is 15.1. The molecular formula is C23H22N4O4. The summed E-state index contributed by atoms with van der Waals surface area (Å²) < 4.78 is 6.93. The molecule has 1 atom stereocenters. The number of aromatic nitrogens is 2. The molecule has 0 radical (unpaired) electrons. The van der Waals surface area contributed by atoms with Gasteiger partial charge in [0.05, 0.1) is 11.3 Å². The van der Waals surface area contributed by atoms with Crippen LogP contribution >= 0.6 is 0 Å². The number of piperazine rings is 1. The molecule has 158 valence electrons. The number of esters is 1. The normalized spacial score (nSPS) is 19.2. The zero-order valence-electron chi connectivity index (χ0n) is 16.9. The molecule has 3 aromatic rings. The zero-order chi connectivity index (χ0) is 21.4. The van der Waals surface area contributed by atoms with Crippen LogP contribution in [0.5, 0.6) is 0 Å². The summed E-state index contributed by atoms with van der Waals surface area (Å²) in [5.74, 6) is -0.586. The van der Waals surface area contributed by atoms with Gasteiger partial charge in [-0.15, -0.1) is 0 Å². The summed E-state index contributed by atoms with van der Waals surface area (Å²) in [7, 11) is 0. The second kappa shape index (κ2) is 7.96. The second-order valence-electron chi connectivity index (χ2n) is 7.87. The molecular weight excluding hydrogens is 396 g/mol. The Hall–Kier alpha value is -3.52. The Bertz CT molecular complexity index is 1210. The van der Waals surface area contributed by atoms with Gasteiger partial charge in [0.25, 0.3) is 11.5 Å². The van der Waals surface area contributed by atoms with Crippen molar-refractivity contribution in [2.75, 3.05) is 26.2 Å². The van der Waals surface area contributed by atoms with E-state index in [2.05, 4.69) is 9.88 Å². The molecule has 0 N–H and O–H groups in total. The maximum atomic E-state index is 12.9. The van der Waals surface area contributed by atoms with Gasteiger partial charge in [-0.2, -0.15) is 0 Å². The maximum Gasteiger partial charge on any atom is 0.339 e. The summed E-state index contributed by atoms with van der Waals surface area (Å²) in [5, 5.41) is 0. The highest BCUT2D eigenvalue weighted by Crippen LogP contribution is 2.22. The van der Waals surface area contributed by atoms with Crippen LogP contribution in [0.3, 0.4) is 0 Å². The zero-order valence-corrected chi connectivity index (χ0v) is 16.9. The van der Waals surface area contributed by atoms with Gasteiger partial charge in [-0.05, 0) is 23.8 Å². The third-order valence-corrected chi connectivity index (χ3v) is 5.86. The monoisotopic (exact) mass is 418 g/mol. The van der Waals surface area contributed by atoms with E-state index in [9.17, 15) is 14.4 Å². The standard InChI is InChI=1S/C23H22N4O4/c28-21-14-17(24-20-7-3-4-8-27(20)21)15-25-9-11-26(12-10-25)22(29)19-13-16-5-1-2-6-18(16)23(30)31-19/h1-8,14,19H,9-13,15H2. The van der Waals surface area contributed by atoms with Crippen LogP contribution in [0.15, 0.2) is 59.5 Å². The van der Waals surface area contributed by atoms with E-state index in [4.69, 9.17) is 4.74 Å². The largest absolute Gasteiger partial charge is 0.448 e. The summed E-state index contributed by atoms with van der Waals surface area (Å²) in [6, 6.07) is 14.3. The first-order valence-electron chi connectivity index (χ1n) is 10.4. The Balaban J connectivity index is 1.21. The fourth-order valence-corrected chi connectivity index (χ4v) is 4.21. The first-order valence-corrected chi connectivity index (χ1v) is 10.4. The van der Waals surface area contributed by atoms with Crippen molar-refractivity contribution in [2.45, 2.75) is 19.1 Å². The SMILES string of the molecule is O=C1OC(C(=O)N2CCN(Cc3cc(=O)n4ccccc4n3)CC2)Cc2ccccc21. The lowest BCUT2D eigenvalue weighted by atomic mass is 9.98. The van der Waals surface area contributed by atoms with E-state index < -0.39 is 12.1 Å². The van der Waals surface area contributed by atoms with Gasteiger partial charge in [0.2, 0.25) is 0 Å². The number of carbonyl (C=O) groups is 2. The summed E-state index contributed by atoms with van der Waals surface area (Å²) in [6.45, 7) is 2.97. The molecule has 5 rings (SSSR count). The number of pyridine rings is 1. The molecule has 1 unspecified atom stereocenters. The number of rotatable bonds is 3. The third kappa shape index (κ3) is 3.82. The van der Waals surface area contributed by atoms with Crippen LogP contribution in [-0.2, 0) is 22.5 Å². The average molecular weight is 418 g/mol. The van der Waals surface area contributed by atoms with Crippen LogP contribution in [0.25, 0.3) is 5.65 Å². The minimum atomic E-state index is -0.767. The lowest BCUT2D eigenvalue weighted by Gasteiger charge is -2.36. The van der Waals surface area contributed by atoms with Crippen LogP contribution in [0.4, 0.5) is 0 Å². The van der Waals surface area contributed by atoms with Gasteiger partial charge in [0.15, 0.2) is 6.10 Å². The topological polar surface area (TPSA) is 84.2 Å². The Kier molecular flexibility index (Phi) is 4.99.